The molecule has 37 heavy (non-hydrogen) atoms. The van der Waals surface area contributed by atoms with Crippen molar-refractivity contribution in [2.75, 3.05) is 23.4 Å². The summed E-state index contributed by atoms with van der Waals surface area (Å²) in [7, 11) is 0. The number of anilines is 1. The Bertz CT molecular complexity index is 1460. The van der Waals surface area contributed by atoms with Gasteiger partial charge in [-0.2, -0.15) is 4.99 Å². The van der Waals surface area contributed by atoms with Crippen LogP contribution in [0.2, 0.25) is 5.02 Å². The molecule has 2 heterocycles. The number of hydrogen-bond donors (Lipinski definition) is 1. The fourth-order valence-corrected chi connectivity index (χ4v) is 7.50. The van der Waals surface area contributed by atoms with Gasteiger partial charge in [0.15, 0.2) is 4.80 Å². The molecule has 0 saturated heterocycles. The molecular formula is C26H26ClN3O4S3. The van der Waals surface area contributed by atoms with E-state index in [1.54, 1.807) is 17.6 Å². The van der Waals surface area contributed by atoms with Crippen LogP contribution in [-0.4, -0.2) is 40.5 Å². The van der Waals surface area contributed by atoms with Gasteiger partial charge in [0.1, 0.15) is 5.00 Å². The maximum absolute atomic E-state index is 12.7. The second-order valence-corrected chi connectivity index (χ2v) is 12.1. The number of thiophene rings is 1. The fraction of sp³-hybridized carbons (Fsp3) is 0.385. The SMILES string of the molecule is C#CCn1c(=NC(=O)CSCC(=O)Nc2sc3c(c2C(=O)OCC)CCC(C)C3)sc2cc(Cl)ccc21. The number of carbonyl (C=O) groups is 3. The minimum atomic E-state index is -0.406. The first-order valence-corrected chi connectivity index (χ1v) is 15.0. The maximum atomic E-state index is 12.7. The van der Waals surface area contributed by atoms with E-state index in [9.17, 15) is 14.4 Å². The standard InChI is InChI=1S/C26H26ClN3O4S3/c1-4-10-30-18-9-7-16(27)12-20(18)37-26(30)29-22(32)14-35-13-21(31)28-24-23(25(33)34-5-2)17-8-6-15(3)11-19(17)36-24/h1,7,9,12,15H,5-6,8,10-11,13-14H2,2-3H3,(H,28,31). The van der Waals surface area contributed by atoms with Crippen LogP contribution in [0.5, 0.6) is 0 Å². The van der Waals surface area contributed by atoms with Crippen molar-refractivity contribution in [2.24, 2.45) is 10.9 Å². The number of esters is 1. The molecule has 0 aliphatic heterocycles. The van der Waals surface area contributed by atoms with Crippen LogP contribution in [0.4, 0.5) is 5.00 Å². The Balaban J connectivity index is 1.42. The van der Waals surface area contributed by atoms with Gasteiger partial charge in [-0.05, 0) is 55.9 Å². The molecule has 4 rings (SSSR count). The summed E-state index contributed by atoms with van der Waals surface area (Å²) in [6.07, 6.45) is 8.19. The van der Waals surface area contributed by atoms with E-state index in [0.29, 0.717) is 26.3 Å². The summed E-state index contributed by atoms with van der Waals surface area (Å²) in [5.74, 6) is 2.15. The number of hydrogen-bond acceptors (Lipinski definition) is 7. The highest BCUT2D eigenvalue weighted by Gasteiger charge is 2.29. The highest BCUT2D eigenvalue weighted by Crippen LogP contribution is 2.40. The number of terminal acetylenes is 1. The zero-order valence-corrected chi connectivity index (χ0v) is 23.7. The van der Waals surface area contributed by atoms with E-state index >= 15 is 0 Å². The molecule has 1 unspecified atom stereocenters. The first-order valence-electron chi connectivity index (χ1n) is 11.8. The molecule has 7 nitrogen and oxygen atoms in total. The molecule has 2 amide bonds. The molecule has 11 heteroatoms. The van der Waals surface area contributed by atoms with Crippen LogP contribution in [0.25, 0.3) is 10.2 Å². The third-order valence-corrected chi connectivity index (χ3v) is 9.18. The third kappa shape index (κ3) is 6.47. The van der Waals surface area contributed by atoms with E-state index in [0.717, 1.165) is 51.7 Å². The van der Waals surface area contributed by atoms with Gasteiger partial charge in [-0.25, -0.2) is 4.79 Å². The third-order valence-electron chi connectivity index (χ3n) is 5.82. The van der Waals surface area contributed by atoms with Gasteiger partial charge in [-0.15, -0.1) is 29.5 Å². The summed E-state index contributed by atoms with van der Waals surface area (Å²) in [5.41, 5.74) is 2.32. The average molecular weight is 576 g/mol. The molecule has 194 valence electrons. The lowest BCUT2D eigenvalue weighted by Gasteiger charge is -2.18. The van der Waals surface area contributed by atoms with Crippen molar-refractivity contribution in [3.63, 3.8) is 0 Å². The van der Waals surface area contributed by atoms with Gasteiger partial charge in [0.2, 0.25) is 5.91 Å². The predicted octanol–water partition coefficient (Wildman–Crippen LogP) is 5.15. The Morgan fingerprint density at radius 1 is 1.32 bits per heavy atom. The van der Waals surface area contributed by atoms with E-state index in [-0.39, 0.29) is 36.5 Å². The van der Waals surface area contributed by atoms with Crippen molar-refractivity contribution in [3.8, 4) is 12.3 Å². The van der Waals surface area contributed by atoms with Crippen molar-refractivity contribution in [3.05, 3.63) is 44.0 Å². The molecule has 1 aliphatic rings. The van der Waals surface area contributed by atoms with Crippen molar-refractivity contribution in [1.29, 1.82) is 0 Å². The molecule has 0 bridgehead atoms. The summed E-state index contributed by atoms with van der Waals surface area (Å²) < 4.78 is 7.93. The molecule has 1 aliphatic carbocycles. The Labute approximate surface area is 232 Å². The van der Waals surface area contributed by atoms with Gasteiger partial charge in [-0.3, -0.25) is 9.59 Å². The van der Waals surface area contributed by atoms with Crippen LogP contribution < -0.4 is 10.1 Å². The van der Waals surface area contributed by atoms with E-state index < -0.39 is 5.97 Å². The Kier molecular flexibility index (Phi) is 9.13. The molecule has 3 aromatic rings. The number of amides is 2. The second kappa shape index (κ2) is 12.3. The van der Waals surface area contributed by atoms with Crippen LogP contribution >= 0.6 is 46.0 Å². The number of carbonyl (C=O) groups excluding carboxylic acids is 3. The van der Waals surface area contributed by atoms with Gasteiger partial charge in [0.25, 0.3) is 5.91 Å². The van der Waals surface area contributed by atoms with Gasteiger partial charge in [0, 0.05) is 9.90 Å². The largest absolute Gasteiger partial charge is 0.462 e. The highest BCUT2D eigenvalue weighted by molar-refractivity contribution is 8.00. The predicted molar refractivity (Wildman–Crippen MR) is 152 cm³/mol. The van der Waals surface area contributed by atoms with E-state index in [4.69, 9.17) is 22.8 Å². The number of rotatable bonds is 8. The summed E-state index contributed by atoms with van der Waals surface area (Å²) in [5, 5.41) is 3.99. The number of nitrogens with one attached hydrogen (secondary N) is 1. The van der Waals surface area contributed by atoms with Crippen LogP contribution in [0.1, 0.15) is 41.1 Å². The van der Waals surface area contributed by atoms with Gasteiger partial charge >= 0.3 is 5.97 Å². The number of aromatic nitrogens is 1. The van der Waals surface area contributed by atoms with Gasteiger partial charge in [0.05, 0.1) is 40.4 Å². The number of ether oxygens (including phenoxy) is 1. The van der Waals surface area contributed by atoms with E-state index in [1.165, 1.54) is 22.7 Å². The molecule has 2 aromatic heterocycles. The number of nitrogens with zero attached hydrogens (tertiary/aromatic N) is 2. The van der Waals surface area contributed by atoms with Crippen molar-refractivity contribution in [2.45, 2.75) is 39.7 Å². The molecule has 1 aromatic carbocycles. The lowest BCUT2D eigenvalue weighted by molar-refractivity contribution is -0.115. The summed E-state index contributed by atoms with van der Waals surface area (Å²) in [4.78, 5) is 43.8. The minimum absolute atomic E-state index is 0.0294. The number of halogens is 1. The average Bonchev–Trinajstić information content (AvgIpc) is 3.35. The Hall–Kier alpha value is -2.58. The van der Waals surface area contributed by atoms with Crippen LogP contribution in [-0.2, 0) is 33.7 Å². The lowest BCUT2D eigenvalue weighted by Crippen LogP contribution is -2.19. The summed E-state index contributed by atoms with van der Waals surface area (Å²) in [6, 6.07) is 5.42. The number of thiazole rings is 1. The topological polar surface area (TPSA) is 89.8 Å². The van der Waals surface area contributed by atoms with Gasteiger partial charge in [-0.1, -0.05) is 35.8 Å². The molecule has 1 N–H and O–H groups in total. The molecule has 0 spiro atoms. The minimum Gasteiger partial charge on any atom is -0.462 e. The fourth-order valence-electron chi connectivity index (χ4n) is 4.17. The molecule has 0 saturated carbocycles. The molecule has 1 atom stereocenters. The zero-order valence-electron chi connectivity index (χ0n) is 20.5. The first kappa shape index (κ1) is 27.5. The van der Waals surface area contributed by atoms with Crippen LogP contribution in [0, 0.1) is 18.3 Å². The first-order chi connectivity index (χ1) is 17.8. The van der Waals surface area contributed by atoms with Crippen LogP contribution in [0.15, 0.2) is 23.2 Å². The van der Waals surface area contributed by atoms with Crippen molar-refractivity contribution < 1.29 is 19.1 Å². The zero-order chi connectivity index (χ0) is 26.5. The highest BCUT2D eigenvalue weighted by atomic mass is 35.5. The monoisotopic (exact) mass is 575 g/mol. The van der Waals surface area contributed by atoms with E-state index in [2.05, 4.69) is 23.2 Å². The quantitative estimate of drug-likeness (QED) is 0.296. The smallest absolute Gasteiger partial charge is 0.341 e. The molecular weight excluding hydrogens is 550 g/mol. The molecule has 0 fully saturated rings. The second-order valence-electron chi connectivity index (χ2n) is 8.61. The Morgan fingerprint density at radius 3 is 2.89 bits per heavy atom. The maximum Gasteiger partial charge on any atom is 0.341 e. The number of benzene rings is 1. The summed E-state index contributed by atoms with van der Waals surface area (Å²) >= 11 is 10.0. The normalized spacial score (nSPS) is 15.3. The van der Waals surface area contributed by atoms with Crippen molar-refractivity contribution >= 4 is 79.0 Å². The Morgan fingerprint density at radius 2 is 2.14 bits per heavy atom. The lowest BCUT2D eigenvalue weighted by atomic mass is 9.88. The number of thioether (sulfide) groups is 1. The van der Waals surface area contributed by atoms with Gasteiger partial charge < -0.3 is 14.6 Å². The van der Waals surface area contributed by atoms with Crippen molar-refractivity contribution in [1.82, 2.24) is 4.57 Å². The van der Waals surface area contributed by atoms with E-state index in [1.807, 2.05) is 12.1 Å². The van der Waals surface area contributed by atoms with Crippen LogP contribution in [0.3, 0.4) is 0 Å². The number of fused-ring (bicyclic) bond motifs is 2. The molecule has 0 radical (unpaired) electrons. The summed E-state index contributed by atoms with van der Waals surface area (Å²) in [6.45, 7) is 4.49.